The lowest BCUT2D eigenvalue weighted by molar-refractivity contribution is 0.522. The van der Waals surface area contributed by atoms with Crippen LogP contribution in [0.1, 0.15) is 38.2 Å². The molecule has 1 aliphatic carbocycles. The molecule has 0 saturated heterocycles. The van der Waals surface area contributed by atoms with E-state index >= 15 is 0 Å². The van der Waals surface area contributed by atoms with E-state index in [1.54, 1.807) is 11.8 Å². The highest BCUT2D eigenvalue weighted by Crippen LogP contribution is 2.18. The van der Waals surface area contributed by atoms with E-state index in [1.807, 2.05) is 12.4 Å². The van der Waals surface area contributed by atoms with Crippen molar-refractivity contribution >= 4 is 11.8 Å². The van der Waals surface area contributed by atoms with Gasteiger partial charge in [-0.2, -0.15) is 0 Å². The molecule has 0 bridgehead atoms. The Labute approximate surface area is 101 Å². The van der Waals surface area contributed by atoms with Crippen LogP contribution in [0.25, 0.3) is 0 Å². The van der Waals surface area contributed by atoms with Crippen molar-refractivity contribution in [1.29, 1.82) is 0 Å². The molecular weight excluding hydrogens is 218 g/mol. The number of rotatable bonds is 5. The fraction of sp³-hybridized carbons (Fsp3) is 0.667. The zero-order valence-electron chi connectivity index (χ0n) is 9.78. The summed E-state index contributed by atoms with van der Waals surface area (Å²) in [4.78, 5) is 8.65. The molecule has 1 heterocycles. The molecule has 0 spiro atoms. The average Bonchev–Trinajstić information content (AvgIpc) is 2.82. The van der Waals surface area contributed by atoms with Crippen molar-refractivity contribution in [3.05, 3.63) is 18.0 Å². The second-order valence-electron chi connectivity index (χ2n) is 4.17. The molecule has 0 unspecified atom stereocenters. The summed E-state index contributed by atoms with van der Waals surface area (Å²) in [6.07, 6.45) is 9.27. The minimum absolute atomic E-state index is 0.713. The molecule has 0 atom stereocenters. The van der Waals surface area contributed by atoms with Gasteiger partial charge < -0.3 is 5.32 Å². The lowest BCUT2D eigenvalue weighted by atomic mass is 10.2. The molecule has 0 aliphatic heterocycles. The Morgan fingerprint density at radius 2 is 2.00 bits per heavy atom. The van der Waals surface area contributed by atoms with Crippen LogP contribution in [-0.4, -0.2) is 21.8 Å². The summed E-state index contributed by atoms with van der Waals surface area (Å²) in [5.74, 6) is 1.03. The Kier molecular flexibility index (Phi) is 4.60. The number of aromatic nitrogens is 2. The van der Waals surface area contributed by atoms with Crippen LogP contribution in [0, 0.1) is 0 Å². The highest BCUT2D eigenvalue weighted by molar-refractivity contribution is 7.99. The van der Waals surface area contributed by atoms with E-state index in [4.69, 9.17) is 0 Å². The normalized spacial score (nSPS) is 16.8. The molecular formula is C12H19N3S. The van der Waals surface area contributed by atoms with Crippen LogP contribution >= 0.6 is 11.8 Å². The number of hydrogen-bond donors (Lipinski definition) is 1. The van der Waals surface area contributed by atoms with Crippen LogP contribution in [-0.2, 0) is 6.54 Å². The summed E-state index contributed by atoms with van der Waals surface area (Å²) >= 11 is 1.68. The summed E-state index contributed by atoms with van der Waals surface area (Å²) in [5.41, 5.74) is 1.19. The highest BCUT2D eigenvalue weighted by atomic mass is 32.2. The van der Waals surface area contributed by atoms with E-state index in [9.17, 15) is 0 Å². The van der Waals surface area contributed by atoms with Gasteiger partial charge in [0.05, 0.1) is 0 Å². The molecule has 4 heteroatoms. The van der Waals surface area contributed by atoms with Crippen molar-refractivity contribution in [2.75, 3.05) is 5.75 Å². The van der Waals surface area contributed by atoms with Crippen molar-refractivity contribution in [3.63, 3.8) is 0 Å². The maximum absolute atomic E-state index is 4.33. The van der Waals surface area contributed by atoms with Gasteiger partial charge in [-0.3, -0.25) is 0 Å². The Bertz CT molecular complexity index is 307. The lowest BCUT2D eigenvalue weighted by Gasteiger charge is -2.11. The summed E-state index contributed by atoms with van der Waals surface area (Å²) in [7, 11) is 0. The van der Waals surface area contributed by atoms with Gasteiger partial charge in [0.25, 0.3) is 0 Å². The molecule has 1 aromatic heterocycles. The molecule has 1 aliphatic rings. The summed E-state index contributed by atoms with van der Waals surface area (Å²) in [5, 5.41) is 4.44. The van der Waals surface area contributed by atoms with Crippen molar-refractivity contribution in [1.82, 2.24) is 15.3 Å². The number of thioether (sulfide) groups is 1. The van der Waals surface area contributed by atoms with Crippen LogP contribution in [0.5, 0.6) is 0 Å². The topological polar surface area (TPSA) is 37.8 Å². The second kappa shape index (κ2) is 6.21. The van der Waals surface area contributed by atoms with Gasteiger partial charge in [-0.05, 0) is 18.6 Å². The first kappa shape index (κ1) is 11.9. The number of hydrogen-bond acceptors (Lipinski definition) is 4. The fourth-order valence-electron chi connectivity index (χ4n) is 2.03. The van der Waals surface area contributed by atoms with Gasteiger partial charge in [0, 0.05) is 30.5 Å². The van der Waals surface area contributed by atoms with Crippen LogP contribution in [0.15, 0.2) is 17.6 Å². The van der Waals surface area contributed by atoms with Crippen LogP contribution < -0.4 is 5.32 Å². The molecule has 0 aromatic carbocycles. The summed E-state index contributed by atoms with van der Waals surface area (Å²) in [6.45, 7) is 3.02. The van der Waals surface area contributed by atoms with E-state index in [0.29, 0.717) is 6.04 Å². The van der Waals surface area contributed by atoms with Crippen LogP contribution in [0.2, 0.25) is 0 Å². The molecule has 88 valence electrons. The predicted molar refractivity (Wildman–Crippen MR) is 67.5 cm³/mol. The fourth-order valence-corrected chi connectivity index (χ4v) is 2.54. The molecule has 16 heavy (non-hydrogen) atoms. The monoisotopic (exact) mass is 237 g/mol. The van der Waals surface area contributed by atoms with Crippen molar-refractivity contribution < 1.29 is 0 Å². The van der Waals surface area contributed by atoms with E-state index in [-0.39, 0.29) is 0 Å². The van der Waals surface area contributed by atoms with Gasteiger partial charge in [0.2, 0.25) is 0 Å². The molecule has 1 aromatic rings. The standard InChI is InChI=1S/C12H19N3S/c1-2-16-12-14-8-10(9-15-12)7-13-11-5-3-4-6-11/h8-9,11,13H,2-7H2,1H3. The molecule has 2 rings (SSSR count). The van der Waals surface area contributed by atoms with Gasteiger partial charge in [-0.25, -0.2) is 9.97 Å². The lowest BCUT2D eigenvalue weighted by Crippen LogP contribution is -2.25. The van der Waals surface area contributed by atoms with E-state index in [0.717, 1.165) is 17.5 Å². The first-order valence-electron chi connectivity index (χ1n) is 6.05. The van der Waals surface area contributed by atoms with Gasteiger partial charge in [-0.1, -0.05) is 31.5 Å². The third-order valence-electron chi connectivity index (χ3n) is 2.91. The quantitative estimate of drug-likeness (QED) is 0.631. The molecule has 1 fully saturated rings. The van der Waals surface area contributed by atoms with Crippen LogP contribution in [0.3, 0.4) is 0 Å². The van der Waals surface area contributed by atoms with Gasteiger partial charge >= 0.3 is 0 Å². The predicted octanol–water partition coefficient (Wildman–Crippen LogP) is 2.62. The third-order valence-corrected chi connectivity index (χ3v) is 3.66. The highest BCUT2D eigenvalue weighted by Gasteiger charge is 2.13. The smallest absolute Gasteiger partial charge is 0.187 e. The van der Waals surface area contributed by atoms with Crippen LogP contribution in [0.4, 0.5) is 0 Å². The average molecular weight is 237 g/mol. The minimum Gasteiger partial charge on any atom is -0.310 e. The number of nitrogens with zero attached hydrogens (tertiary/aromatic N) is 2. The number of nitrogens with one attached hydrogen (secondary N) is 1. The van der Waals surface area contributed by atoms with Crippen molar-refractivity contribution in [2.24, 2.45) is 0 Å². The Morgan fingerprint density at radius 1 is 1.31 bits per heavy atom. The van der Waals surface area contributed by atoms with Gasteiger partial charge in [0.1, 0.15) is 0 Å². The Hall–Kier alpha value is -0.610. The third kappa shape index (κ3) is 3.46. The molecule has 3 nitrogen and oxygen atoms in total. The van der Waals surface area contributed by atoms with Crippen molar-refractivity contribution in [3.8, 4) is 0 Å². The SMILES string of the molecule is CCSc1ncc(CNC2CCCC2)cn1. The first-order chi connectivity index (χ1) is 7.88. The Balaban J connectivity index is 1.80. The van der Waals surface area contributed by atoms with E-state index in [1.165, 1.54) is 31.2 Å². The van der Waals surface area contributed by atoms with Crippen molar-refractivity contribution in [2.45, 2.75) is 50.4 Å². The van der Waals surface area contributed by atoms with E-state index < -0.39 is 0 Å². The zero-order chi connectivity index (χ0) is 11.2. The van der Waals surface area contributed by atoms with E-state index in [2.05, 4.69) is 22.2 Å². The second-order valence-corrected chi connectivity index (χ2v) is 5.40. The van der Waals surface area contributed by atoms with Gasteiger partial charge in [0.15, 0.2) is 5.16 Å². The molecule has 1 saturated carbocycles. The van der Waals surface area contributed by atoms with Gasteiger partial charge in [-0.15, -0.1) is 0 Å². The molecule has 1 N–H and O–H groups in total. The first-order valence-corrected chi connectivity index (χ1v) is 7.04. The zero-order valence-corrected chi connectivity index (χ0v) is 10.6. The maximum Gasteiger partial charge on any atom is 0.187 e. The largest absolute Gasteiger partial charge is 0.310 e. The minimum atomic E-state index is 0.713. The Morgan fingerprint density at radius 3 is 2.62 bits per heavy atom. The molecule has 0 amide bonds. The summed E-state index contributed by atoms with van der Waals surface area (Å²) in [6, 6.07) is 0.713. The molecule has 0 radical (unpaired) electrons. The summed E-state index contributed by atoms with van der Waals surface area (Å²) < 4.78 is 0. The maximum atomic E-state index is 4.33.